The van der Waals surface area contributed by atoms with Crippen LogP contribution in [0.4, 0.5) is 0 Å². The summed E-state index contributed by atoms with van der Waals surface area (Å²) in [6, 6.07) is 0. The zero-order valence-corrected chi connectivity index (χ0v) is 15.9. The second-order valence-electron chi connectivity index (χ2n) is 9.94. The molecular formula is C21H34O4. The summed E-state index contributed by atoms with van der Waals surface area (Å²) in [5, 5.41) is 21.1. The van der Waals surface area contributed by atoms with Crippen LogP contribution in [0.15, 0.2) is 0 Å². The fourth-order valence-electron chi connectivity index (χ4n) is 7.62. The minimum atomic E-state index is -0.295. The van der Waals surface area contributed by atoms with E-state index in [1.807, 2.05) is 0 Å². The van der Waals surface area contributed by atoms with Crippen molar-refractivity contribution in [2.75, 3.05) is 0 Å². The zero-order valence-electron chi connectivity index (χ0n) is 15.9. The van der Waals surface area contributed by atoms with Crippen LogP contribution in [0.5, 0.6) is 0 Å². The minimum absolute atomic E-state index is 0.0480. The molecule has 0 aromatic heterocycles. The van der Waals surface area contributed by atoms with Crippen LogP contribution in [-0.4, -0.2) is 34.5 Å². The Bertz CT molecular complexity index is 548. The third kappa shape index (κ3) is 2.58. The van der Waals surface area contributed by atoms with Crippen molar-refractivity contribution in [3.8, 4) is 0 Å². The predicted molar refractivity (Wildman–Crippen MR) is 94.7 cm³/mol. The van der Waals surface area contributed by atoms with Gasteiger partial charge in [0.1, 0.15) is 6.10 Å². The Morgan fingerprint density at radius 1 is 0.920 bits per heavy atom. The maximum Gasteiger partial charge on any atom is 0.302 e. The van der Waals surface area contributed by atoms with Crippen LogP contribution in [0.3, 0.4) is 0 Å². The molecule has 4 aliphatic rings. The van der Waals surface area contributed by atoms with Crippen LogP contribution in [0.2, 0.25) is 0 Å². The molecule has 0 amide bonds. The van der Waals surface area contributed by atoms with E-state index in [0.29, 0.717) is 17.8 Å². The van der Waals surface area contributed by atoms with Gasteiger partial charge in [0.25, 0.3) is 0 Å². The highest BCUT2D eigenvalue weighted by Crippen LogP contribution is 2.66. The molecule has 0 aromatic rings. The second-order valence-corrected chi connectivity index (χ2v) is 9.94. The third-order valence-corrected chi connectivity index (χ3v) is 8.87. The van der Waals surface area contributed by atoms with Crippen LogP contribution < -0.4 is 0 Å². The van der Waals surface area contributed by atoms with Gasteiger partial charge in [0.2, 0.25) is 0 Å². The summed E-state index contributed by atoms with van der Waals surface area (Å²) in [6.45, 7) is 6.22. The van der Waals surface area contributed by atoms with Crippen molar-refractivity contribution in [2.24, 2.45) is 34.5 Å². The molecule has 2 N–H and O–H groups in total. The summed E-state index contributed by atoms with van der Waals surface area (Å²) in [5.41, 5.74) is 0.229. The average Bonchev–Trinajstić information content (AvgIpc) is 2.86. The molecule has 4 heteroatoms. The van der Waals surface area contributed by atoms with E-state index < -0.39 is 0 Å². The van der Waals surface area contributed by atoms with E-state index in [0.717, 1.165) is 44.9 Å². The maximum atomic E-state index is 11.5. The molecule has 4 aliphatic carbocycles. The molecule has 25 heavy (non-hydrogen) atoms. The average molecular weight is 350 g/mol. The zero-order chi connectivity index (χ0) is 18.0. The molecule has 4 fully saturated rings. The molecule has 0 bridgehead atoms. The summed E-state index contributed by atoms with van der Waals surface area (Å²) >= 11 is 0. The lowest BCUT2D eigenvalue weighted by molar-refractivity contribution is -0.181. The molecule has 0 aliphatic heterocycles. The normalized spacial score (nSPS) is 55.0. The van der Waals surface area contributed by atoms with E-state index >= 15 is 0 Å². The molecule has 9 atom stereocenters. The molecule has 5 unspecified atom stereocenters. The van der Waals surface area contributed by atoms with Crippen LogP contribution in [0, 0.1) is 34.5 Å². The largest absolute Gasteiger partial charge is 0.462 e. The van der Waals surface area contributed by atoms with Crippen LogP contribution >= 0.6 is 0 Å². The van der Waals surface area contributed by atoms with Gasteiger partial charge in [0.15, 0.2) is 0 Å². The predicted octanol–water partition coefficient (Wildman–Crippen LogP) is 3.29. The van der Waals surface area contributed by atoms with Crippen LogP contribution in [0.1, 0.15) is 72.1 Å². The van der Waals surface area contributed by atoms with Crippen molar-refractivity contribution >= 4 is 5.97 Å². The Morgan fingerprint density at radius 2 is 1.60 bits per heavy atom. The first-order chi connectivity index (χ1) is 11.8. The lowest BCUT2D eigenvalue weighted by Gasteiger charge is -2.61. The first-order valence-corrected chi connectivity index (χ1v) is 10.3. The summed E-state index contributed by atoms with van der Waals surface area (Å²) < 4.78 is 5.70. The van der Waals surface area contributed by atoms with Crippen molar-refractivity contribution in [1.82, 2.24) is 0 Å². The maximum absolute atomic E-state index is 11.5. The smallest absolute Gasteiger partial charge is 0.302 e. The Kier molecular flexibility index (Phi) is 4.23. The highest BCUT2D eigenvalue weighted by molar-refractivity contribution is 5.66. The fourth-order valence-corrected chi connectivity index (χ4v) is 7.62. The van der Waals surface area contributed by atoms with E-state index in [2.05, 4.69) is 13.8 Å². The quantitative estimate of drug-likeness (QED) is 0.712. The van der Waals surface area contributed by atoms with Gasteiger partial charge in [-0.15, -0.1) is 0 Å². The summed E-state index contributed by atoms with van der Waals surface area (Å²) in [5.74, 6) is 1.81. The van der Waals surface area contributed by atoms with Crippen LogP contribution in [-0.2, 0) is 9.53 Å². The van der Waals surface area contributed by atoms with Gasteiger partial charge in [0.05, 0.1) is 12.2 Å². The summed E-state index contributed by atoms with van der Waals surface area (Å²) in [4.78, 5) is 11.5. The number of rotatable bonds is 1. The van der Waals surface area contributed by atoms with Crippen molar-refractivity contribution < 1.29 is 19.7 Å². The molecule has 0 saturated heterocycles. The number of fused-ring (bicyclic) bond motifs is 5. The topological polar surface area (TPSA) is 66.8 Å². The van der Waals surface area contributed by atoms with Gasteiger partial charge in [0, 0.05) is 12.3 Å². The van der Waals surface area contributed by atoms with Crippen molar-refractivity contribution in [1.29, 1.82) is 0 Å². The first-order valence-electron chi connectivity index (χ1n) is 10.3. The van der Waals surface area contributed by atoms with Gasteiger partial charge in [-0.2, -0.15) is 0 Å². The molecule has 0 spiro atoms. The molecule has 4 saturated carbocycles. The van der Waals surface area contributed by atoms with Gasteiger partial charge >= 0.3 is 5.97 Å². The van der Waals surface area contributed by atoms with E-state index in [9.17, 15) is 15.0 Å². The summed E-state index contributed by atoms with van der Waals surface area (Å²) in [6.07, 6.45) is 7.44. The lowest BCUT2D eigenvalue weighted by atomic mass is 9.44. The number of carbonyl (C=O) groups excluding carboxylic acids is 1. The molecule has 4 rings (SSSR count). The Labute approximate surface area is 151 Å². The van der Waals surface area contributed by atoms with Gasteiger partial charge in [-0.1, -0.05) is 13.8 Å². The van der Waals surface area contributed by atoms with Gasteiger partial charge in [-0.3, -0.25) is 4.79 Å². The number of aliphatic hydroxyl groups excluding tert-OH is 2. The number of esters is 1. The molecular weight excluding hydrogens is 316 g/mol. The molecule has 0 aromatic carbocycles. The number of hydrogen-bond donors (Lipinski definition) is 2. The summed E-state index contributed by atoms with van der Waals surface area (Å²) in [7, 11) is 0. The fraction of sp³-hybridized carbons (Fsp3) is 0.952. The number of ether oxygens (including phenoxy) is 1. The van der Waals surface area contributed by atoms with Crippen molar-refractivity contribution in [3.05, 3.63) is 0 Å². The molecule has 0 radical (unpaired) electrons. The number of hydrogen-bond acceptors (Lipinski definition) is 4. The first kappa shape index (κ1) is 17.8. The van der Waals surface area contributed by atoms with E-state index in [1.165, 1.54) is 13.3 Å². The second kappa shape index (κ2) is 5.95. The lowest BCUT2D eigenvalue weighted by Crippen LogP contribution is -2.58. The molecule has 0 heterocycles. The molecule has 4 nitrogen and oxygen atoms in total. The monoisotopic (exact) mass is 350 g/mol. The van der Waals surface area contributed by atoms with Crippen molar-refractivity contribution in [2.45, 2.75) is 90.4 Å². The van der Waals surface area contributed by atoms with Crippen LogP contribution in [0.25, 0.3) is 0 Å². The highest BCUT2D eigenvalue weighted by Gasteiger charge is 2.62. The highest BCUT2D eigenvalue weighted by atomic mass is 16.5. The van der Waals surface area contributed by atoms with Gasteiger partial charge < -0.3 is 14.9 Å². The number of aliphatic hydroxyl groups is 2. The Hall–Kier alpha value is -0.610. The van der Waals surface area contributed by atoms with Crippen molar-refractivity contribution in [3.63, 3.8) is 0 Å². The standard InChI is InChI=1S/C21H34O4/c1-12(22)25-19-5-4-15-14-11-18(24)17-10-13(23)6-8-20(17,2)16(14)7-9-21(15,19)3/h13-19,23-24H,4-11H2,1-3H3/t13-,14?,15?,16?,17?,18+,19?,20-,21+/m1/s1. The van der Waals surface area contributed by atoms with Gasteiger partial charge in [-0.05, 0) is 80.5 Å². The Balaban J connectivity index is 1.61. The van der Waals surface area contributed by atoms with Gasteiger partial charge in [-0.25, -0.2) is 0 Å². The Morgan fingerprint density at radius 3 is 2.32 bits per heavy atom. The minimum Gasteiger partial charge on any atom is -0.462 e. The SMILES string of the molecule is CC(=O)OC1CCC2C3C[C@H](O)C4C[C@H](O)CC[C@]4(C)C3CC[C@]12C. The van der Waals surface area contributed by atoms with E-state index in [1.54, 1.807) is 0 Å². The van der Waals surface area contributed by atoms with E-state index in [4.69, 9.17) is 4.74 Å². The third-order valence-electron chi connectivity index (χ3n) is 8.87. The van der Waals surface area contributed by atoms with E-state index in [-0.39, 0.29) is 41.0 Å². The number of carbonyl (C=O) groups is 1. The molecule has 142 valence electrons.